The predicted octanol–water partition coefficient (Wildman–Crippen LogP) is 0.0843. The molecule has 0 aromatic carbocycles. The fourth-order valence-corrected chi connectivity index (χ4v) is 3.17. The normalized spacial score (nSPS) is 11.9. The van der Waals surface area contributed by atoms with E-state index in [1.54, 1.807) is 19.6 Å². The Morgan fingerprint density at radius 1 is 1.38 bits per heavy atom. The molecule has 21 heavy (non-hydrogen) atoms. The second-order valence-corrected chi connectivity index (χ2v) is 6.36. The smallest absolute Gasteiger partial charge is 0.257 e. The van der Waals surface area contributed by atoms with Crippen LogP contribution in [0.3, 0.4) is 0 Å². The fourth-order valence-electron chi connectivity index (χ4n) is 1.97. The molecule has 2 rings (SSSR count). The maximum Gasteiger partial charge on any atom is 0.257 e. The largest absolute Gasteiger partial charge is 0.337 e. The minimum atomic E-state index is -3.53. The zero-order valence-corrected chi connectivity index (χ0v) is 12.7. The van der Waals surface area contributed by atoms with E-state index >= 15 is 0 Å². The van der Waals surface area contributed by atoms with Gasteiger partial charge >= 0.3 is 0 Å². The number of imidazole rings is 1. The fraction of sp³-hybridized carbons (Fsp3) is 0.500. The number of aromatic nitrogens is 4. The highest BCUT2D eigenvalue weighted by atomic mass is 32.2. The van der Waals surface area contributed by atoms with E-state index in [0.29, 0.717) is 18.7 Å². The quantitative estimate of drug-likeness (QED) is 0.569. The van der Waals surface area contributed by atoms with Crippen molar-refractivity contribution in [3.63, 3.8) is 0 Å². The molecule has 0 aliphatic rings. The number of sulfonamides is 1. The maximum atomic E-state index is 12.2. The molecule has 2 heterocycles. The number of nitrogens with zero attached hydrogens (tertiary/aromatic N) is 3. The van der Waals surface area contributed by atoms with E-state index in [2.05, 4.69) is 25.2 Å². The molecule has 0 aliphatic carbocycles. The molecular weight excluding hydrogens is 292 g/mol. The summed E-state index contributed by atoms with van der Waals surface area (Å²) < 4.78 is 28.9. The van der Waals surface area contributed by atoms with Gasteiger partial charge in [0.2, 0.25) is 0 Å². The molecule has 0 amide bonds. The second kappa shape index (κ2) is 7.34. The average Bonchev–Trinajstić information content (AvgIpc) is 3.10. The third kappa shape index (κ3) is 4.38. The number of hydrogen-bond donors (Lipinski definition) is 3. The molecule has 0 radical (unpaired) electrons. The Morgan fingerprint density at radius 2 is 2.24 bits per heavy atom. The summed E-state index contributed by atoms with van der Waals surface area (Å²) in [5, 5.41) is 9.38. The lowest BCUT2D eigenvalue weighted by atomic mass is 10.3. The molecule has 8 nitrogen and oxygen atoms in total. The van der Waals surface area contributed by atoms with Crippen molar-refractivity contribution in [2.24, 2.45) is 0 Å². The predicted molar refractivity (Wildman–Crippen MR) is 78.0 cm³/mol. The summed E-state index contributed by atoms with van der Waals surface area (Å²) in [5.74, 6) is 0. The van der Waals surface area contributed by atoms with Crippen LogP contribution in [0.4, 0.5) is 0 Å². The number of hydrogen-bond acceptors (Lipinski definition) is 5. The molecule has 0 fully saturated rings. The van der Waals surface area contributed by atoms with Gasteiger partial charge in [-0.1, -0.05) is 0 Å². The first kappa shape index (κ1) is 15.7. The van der Waals surface area contributed by atoms with Crippen LogP contribution in [0.1, 0.15) is 18.4 Å². The van der Waals surface area contributed by atoms with Crippen molar-refractivity contribution in [1.29, 1.82) is 0 Å². The Morgan fingerprint density at radius 3 is 2.95 bits per heavy atom. The standard InChI is InChI=1S/C12H20N6O2S/c1-13-8-11-9-15-17-12(11)21(19,20)16-4-2-3-6-18-7-5-14-10-18/h5,7,9-10,13,16H,2-4,6,8H2,1H3,(H,15,17). The molecule has 9 heteroatoms. The highest BCUT2D eigenvalue weighted by molar-refractivity contribution is 7.89. The van der Waals surface area contributed by atoms with Crippen LogP contribution in [0.5, 0.6) is 0 Å². The van der Waals surface area contributed by atoms with Crippen LogP contribution in [0.25, 0.3) is 0 Å². The summed E-state index contributed by atoms with van der Waals surface area (Å²) in [4.78, 5) is 3.96. The zero-order chi connectivity index (χ0) is 15.1. The first-order chi connectivity index (χ1) is 10.1. The van der Waals surface area contributed by atoms with Crippen molar-refractivity contribution >= 4 is 10.0 Å². The van der Waals surface area contributed by atoms with Gasteiger partial charge < -0.3 is 9.88 Å². The van der Waals surface area contributed by atoms with Crippen molar-refractivity contribution in [3.05, 3.63) is 30.5 Å². The van der Waals surface area contributed by atoms with E-state index in [1.165, 1.54) is 6.20 Å². The number of rotatable bonds is 9. The van der Waals surface area contributed by atoms with Gasteiger partial charge in [-0.2, -0.15) is 5.10 Å². The number of unbranched alkanes of at least 4 members (excludes halogenated alkanes) is 1. The molecular formula is C12H20N6O2S. The van der Waals surface area contributed by atoms with Gasteiger partial charge in [-0.25, -0.2) is 18.1 Å². The third-order valence-electron chi connectivity index (χ3n) is 3.01. The van der Waals surface area contributed by atoms with Gasteiger partial charge in [0.25, 0.3) is 10.0 Å². The SMILES string of the molecule is CNCc1cn[nH]c1S(=O)(=O)NCCCCn1ccnc1. The van der Waals surface area contributed by atoms with Crippen molar-refractivity contribution in [3.8, 4) is 0 Å². The highest BCUT2D eigenvalue weighted by Gasteiger charge is 2.19. The minimum absolute atomic E-state index is 0.131. The van der Waals surface area contributed by atoms with Crippen molar-refractivity contribution in [2.75, 3.05) is 13.6 Å². The number of aromatic amines is 1. The van der Waals surface area contributed by atoms with E-state index in [9.17, 15) is 8.42 Å². The van der Waals surface area contributed by atoms with E-state index in [1.807, 2.05) is 10.8 Å². The van der Waals surface area contributed by atoms with Gasteiger partial charge in [-0.3, -0.25) is 5.10 Å². The van der Waals surface area contributed by atoms with Gasteiger partial charge in [-0.15, -0.1) is 0 Å². The molecule has 0 bridgehead atoms. The molecule has 2 aromatic rings. The first-order valence-corrected chi connectivity index (χ1v) is 8.24. The lowest BCUT2D eigenvalue weighted by molar-refractivity contribution is 0.561. The van der Waals surface area contributed by atoms with Crippen LogP contribution in [-0.2, 0) is 23.1 Å². The Hall–Kier alpha value is -1.71. The Balaban J connectivity index is 1.79. The van der Waals surface area contributed by atoms with Crippen LogP contribution < -0.4 is 10.0 Å². The Kier molecular flexibility index (Phi) is 5.48. The van der Waals surface area contributed by atoms with Gasteiger partial charge in [0, 0.05) is 37.6 Å². The van der Waals surface area contributed by atoms with Crippen molar-refractivity contribution < 1.29 is 8.42 Å². The Labute approximate surface area is 124 Å². The van der Waals surface area contributed by atoms with E-state index in [-0.39, 0.29) is 5.03 Å². The Bertz CT molecular complexity index is 635. The summed E-state index contributed by atoms with van der Waals surface area (Å²) in [7, 11) is -1.77. The van der Waals surface area contributed by atoms with Gasteiger partial charge in [0.15, 0.2) is 5.03 Å². The van der Waals surface area contributed by atoms with E-state index in [4.69, 9.17) is 0 Å². The van der Waals surface area contributed by atoms with Gasteiger partial charge in [0.05, 0.1) is 12.5 Å². The monoisotopic (exact) mass is 312 g/mol. The highest BCUT2D eigenvalue weighted by Crippen LogP contribution is 2.11. The van der Waals surface area contributed by atoms with Crippen molar-refractivity contribution in [2.45, 2.75) is 31.0 Å². The summed E-state index contributed by atoms with van der Waals surface area (Å²) in [6.07, 6.45) is 8.52. The zero-order valence-electron chi connectivity index (χ0n) is 11.9. The number of H-pyrrole nitrogens is 1. The minimum Gasteiger partial charge on any atom is -0.337 e. The molecule has 0 aliphatic heterocycles. The van der Waals surface area contributed by atoms with Crippen LogP contribution in [0.15, 0.2) is 29.9 Å². The molecule has 0 atom stereocenters. The van der Waals surface area contributed by atoms with Gasteiger partial charge in [-0.05, 0) is 19.9 Å². The lowest BCUT2D eigenvalue weighted by Gasteiger charge is -2.07. The lowest BCUT2D eigenvalue weighted by Crippen LogP contribution is -2.26. The van der Waals surface area contributed by atoms with Gasteiger partial charge in [0.1, 0.15) is 0 Å². The summed E-state index contributed by atoms with van der Waals surface area (Å²) >= 11 is 0. The van der Waals surface area contributed by atoms with E-state index < -0.39 is 10.0 Å². The number of aryl methyl sites for hydroxylation is 1. The number of nitrogens with one attached hydrogen (secondary N) is 3. The van der Waals surface area contributed by atoms with Crippen LogP contribution in [0, 0.1) is 0 Å². The molecule has 3 N–H and O–H groups in total. The van der Waals surface area contributed by atoms with E-state index in [0.717, 1.165) is 19.4 Å². The summed E-state index contributed by atoms with van der Waals surface area (Å²) in [6, 6.07) is 0. The second-order valence-electron chi connectivity index (χ2n) is 4.66. The average molecular weight is 312 g/mol. The topological polar surface area (TPSA) is 105 Å². The third-order valence-corrected chi connectivity index (χ3v) is 4.48. The molecule has 0 unspecified atom stereocenters. The van der Waals surface area contributed by atoms with Crippen LogP contribution >= 0.6 is 0 Å². The van der Waals surface area contributed by atoms with Crippen LogP contribution in [-0.4, -0.2) is 41.8 Å². The summed E-state index contributed by atoms with van der Waals surface area (Å²) in [6.45, 7) is 1.68. The molecule has 0 saturated carbocycles. The van der Waals surface area contributed by atoms with Crippen molar-refractivity contribution in [1.82, 2.24) is 29.8 Å². The maximum absolute atomic E-state index is 12.2. The first-order valence-electron chi connectivity index (χ1n) is 6.76. The van der Waals surface area contributed by atoms with Crippen LogP contribution in [0.2, 0.25) is 0 Å². The summed E-state index contributed by atoms with van der Waals surface area (Å²) in [5.41, 5.74) is 0.628. The molecule has 2 aromatic heterocycles. The molecule has 116 valence electrons. The molecule has 0 spiro atoms. The molecule has 0 saturated heterocycles.